The average Bonchev–Trinajstić information content (AvgIpc) is 2.71. The van der Waals surface area contributed by atoms with Crippen LogP contribution in [0.1, 0.15) is 39.0 Å². The van der Waals surface area contributed by atoms with Gasteiger partial charge in [-0.25, -0.2) is 0 Å². The molecule has 0 spiro atoms. The van der Waals surface area contributed by atoms with Gasteiger partial charge in [0, 0.05) is 11.8 Å². The van der Waals surface area contributed by atoms with Gasteiger partial charge in [-0.2, -0.15) is 0 Å². The number of esters is 1. The van der Waals surface area contributed by atoms with Crippen molar-refractivity contribution in [2.24, 2.45) is 0 Å². The average molecular weight is 356 g/mol. The summed E-state index contributed by atoms with van der Waals surface area (Å²) in [6.45, 7) is 2.17. The van der Waals surface area contributed by atoms with Gasteiger partial charge in [-0.15, -0.1) is 0 Å². The van der Waals surface area contributed by atoms with Gasteiger partial charge in [0.05, 0.1) is 0 Å². The topological polar surface area (TPSA) is 26.3 Å². The summed E-state index contributed by atoms with van der Waals surface area (Å²) in [5.74, 6) is 0.514. The highest BCUT2D eigenvalue weighted by atomic mass is 16.5. The van der Waals surface area contributed by atoms with Crippen molar-refractivity contribution in [3.8, 4) is 5.75 Å². The van der Waals surface area contributed by atoms with Gasteiger partial charge in [-0.3, -0.25) is 4.79 Å². The van der Waals surface area contributed by atoms with Gasteiger partial charge in [0.2, 0.25) is 0 Å². The molecular formula is C25H24O2. The standard InChI is InChI=1S/C25H24O2/c1-2-3-4-5-13-25(26)27-24-12-8-11-20-22-15-14-18-9-6-7-10-19(18)21(22)16-17-23(20)24/h6-12,14-17H,2-5,13H2,1H3. The van der Waals surface area contributed by atoms with Crippen LogP contribution in [0.15, 0.2) is 66.7 Å². The number of unbranched alkanes of at least 4 members (excludes halogenated alkanes) is 3. The summed E-state index contributed by atoms with van der Waals surface area (Å²) in [5.41, 5.74) is 0. The van der Waals surface area contributed by atoms with Gasteiger partial charge in [0.15, 0.2) is 0 Å². The molecule has 4 rings (SSSR count). The first-order chi connectivity index (χ1) is 13.3. The highest BCUT2D eigenvalue weighted by molar-refractivity contribution is 6.18. The molecule has 0 bridgehead atoms. The number of rotatable bonds is 6. The fraction of sp³-hybridized carbons (Fsp3) is 0.240. The molecule has 0 aliphatic carbocycles. The minimum Gasteiger partial charge on any atom is -0.426 e. The van der Waals surface area contributed by atoms with Crippen LogP contribution in [0.2, 0.25) is 0 Å². The fourth-order valence-corrected chi connectivity index (χ4v) is 3.79. The Kier molecular flexibility index (Phi) is 5.06. The molecule has 0 saturated heterocycles. The Morgan fingerprint density at radius 3 is 2.30 bits per heavy atom. The van der Waals surface area contributed by atoms with E-state index in [1.165, 1.54) is 34.4 Å². The molecule has 136 valence electrons. The van der Waals surface area contributed by atoms with Gasteiger partial charge in [0.1, 0.15) is 5.75 Å². The molecule has 27 heavy (non-hydrogen) atoms. The Bertz CT molecular complexity index is 1110. The Morgan fingerprint density at radius 2 is 1.41 bits per heavy atom. The molecule has 4 aromatic carbocycles. The second-order valence-corrected chi connectivity index (χ2v) is 7.08. The van der Waals surface area contributed by atoms with Gasteiger partial charge < -0.3 is 4.74 Å². The normalized spacial score (nSPS) is 11.3. The van der Waals surface area contributed by atoms with Crippen molar-refractivity contribution in [3.05, 3.63) is 66.7 Å². The maximum absolute atomic E-state index is 12.2. The van der Waals surface area contributed by atoms with Crippen molar-refractivity contribution in [1.82, 2.24) is 0 Å². The van der Waals surface area contributed by atoms with E-state index in [0.717, 1.165) is 23.6 Å². The monoisotopic (exact) mass is 356 g/mol. The highest BCUT2D eigenvalue weighted by Crippen LogP contribution is 2.35. The zero-order chi connectivity index (χ0) is 18.6. The Morgan fingerprint density at radius 1 is 0.704 bits per heavy atom. The van der Waals surface area contributed by atoms with Crippen molar-refractivity contribution in [2.75, 3.05) is 0 Å². The van der Waals surface area contributed by atoms with Gasteiger partial charge >= 0.3 is 5.97 Å². The molecule has 0 saturated carbocycles. The highest BCUT2D eigenvalue weighted by Gasteiger charge is 2.11. The van der Waals surface area contributed by atoms with Crippen LogP contribution in [0.5, 0.6) is 5.75 Å². The van der Waals surface area contributed by atoms with Crippen molar-refractivity contribution in [1.29, 1.82) is 0 Å². The minimum atomic E-state index is -0.141. The van der Waals surface area contributed by atoms with Crippen LogP contribution in [0.3, 0.4) is 0 Å². The van der Waals surface area contributed by atoms with E-state index in [4.69, 9.17) is 4.74 Å². The van der Waals surface area contributed by atoms with E-state index in [1.54, 1.807) is 0 Å². The molecule has 2 nitrogen and oxygen atoms in total. The zero-order valence-corrected chi connectivity index (χ0v) is 15.7. The third-order valence-electron chi connectivity index (χ3n) is 5.20. The lowest BCUT2D eigenvalue weighted by atomic mass is 9.97. The molecule has 0 aromatic heterocycles. The lowest BCUT2D eigenvalue weighted by Crippen LogP contribution is -2.07. The summed E-state index contributed by atoms with van der Waals surface area (Å²) in [5, 5.41) is 7.00. The zero-order valence-electron chi connectivity index (χ0n) is 15.7. The van der Waals surface area contributed by atoms with Gasteiger partial charge in [-0.1, -0.05) is 80.8 Å². The lowest BCUT2D eigenvalue weighted by molar-refractivity contribution is -0.134. The van der Waals surface area contributed by atoms with Crippen LogP contribution < -0.4 is 4.74 Å². The summed E-state index contributed by atoms with van der Waals surface area (Å²) < 4.78 is 5.71. The van der Waals surface area contributed by atoms with Gasteiger partial charge in [0.25, 0.3) is 0 Å². The Balaban J connectivity index is 1.70. The summed E-state index contributed by atoms with van der Waals surface area (Å²) in [6.07, 6.45) is 4.79. The SMILES string of the molecule is CCCCCCC(=O)Oc1cccc2c1ccc1c3ccccc3ccc21. The summed E-state index contributed by atoms with van der Waals surface area (Å²) in [7, 11) is 0. The third kappa shape index (κ3) is 3.52. The number of carbonyl (C=O) groups excluding carboxylic acids is 1. The van der Waals surface area contributed by atoms with Crippen LogP contribution in [-0.4, -0.2) is 5.97 Å². The first-order valence-corrected chi connectivity index (χ1v) is 9.82. The Labute approximate surface area is 159 Å². The number of hydrogen-bond donors (Lipinski definition) is 0. The molecule has 0 heterocycles. The van der Waals surface area contributed by atoms with Crippen LogP contribution in [0.25, 0.3) is 32.3 Å². The smallest absolute Gasteiger partial charge is 0.311 e. The molecule has 0 unspecified atom stereocenters. The number of ether oxygens (including phenoxy) is 1. The summed E-state index contributed by atoms with van der Waals surface area (Å²) in [6, 6.07) is 22.9. The van der Waals surface area contributed by atoms with E-state index < -0.39 is 0 Å². The van der Waals surface area contributed by atoms with Crippen LogP contribution >= 0.6 is 0 Å². The third-order valence-corrected chi connectivity index (χ3v) is 5.20. The largest absolute Gasteiger partial charge is 0.426 e. The summed E-state index contributed by atoms with van der Waals surface area (Å²) >= 11 is 0. The molecule has 0 atom stereocenters. The second-order valence-electron chi connectivity index (χ2n) is 7.08. The predicted octanol–water partition coefficient (Wildman–Crippen LogP) is 7.02. The molecule has 0 aliphatic rings. The van der Waals surface area contributed by atoms with Gasteiger partial charge in [-0.05, 0) is 45.5 Å². The predicted molar refractivity (Wildman–Crippen MR) is 113 cm³/mol. The maximum Gasteiger partial charge on any atom is 0.311 e. The molecule has 2 heteroatoms. The molecular weight excluding hydrogens is 332 g/mol. The van der Waals surface area contributed by atoms with Crippen molar-refractivity contribution in [3.63, 3.8) is 0 Å². The molecule has 0 N–H and O–H groups in total. The molecule has 0 aliphatic heterocycles. The van der Waals surface area contributed by atoms with E-state index in [2.05, 4.69) is 61.5 Å². The number of carbonyl (C=O) groups is 1. The molecule has 0 radical (unpaired) electrons. The van der Waals surface area contributed by atoms with E-state index in [0.29, 0.717) is 12.2 Å². The first kappa shape index (κ1) is 17.5. The first-order valence-electron chi connectivity index (χ1n) is 9.82. The van der Waals surface area contributed by atoms with E-state index in [9.17, 15) is 4.79 Å². The molecule has 4 aromatic rings. The number of fused-ring (bicyclic) bond motifs is 5. The fourth-order valence-electron chi connectivity index (χ4n) is 3.79. The maximum atomic E-state index is 12.2. The molecule has 0 fully saturated rings. The van der Waals surface area contributed by atoms with Crippen molar-refractivity contribution >= 4 is 38.3 Å². The Hall–Kier alpha value is -2.87. The van der Waals surface area contributed by atoms with E-state index in [-0.39, 0.29) is 5.97 Å². The van der Waals surface area contributed by atoms with Crippen molar-refractivity contribution in [2.45, 2.75) is 39.0 Å². The van der Waals surface area contributed by atoms with Crippen LogP contribution in [0, 0.1) is 0 Å². The van der Waals surface area contributed by atoms with Crippen molar-refractivity contribution < 1.29 is 9.53 Å². The summed E-state index contributed by atoms with van der Waals surface area (Å²) in [4.78, 5) is 12.2. The number of benzene rings is 4. The van der Waals surface area contributed by atoms with E-state index in [1.807, 2.05) is 12.1 Å². The van der Waals surface area contributed by atoms with E-state index >= 15 is 0 Å². The quantitative estimate of drug-likeness (QED) is 0.160. The lowest BCUT2D eigenvalue weighted by Gasteiger charge is -2.11. The minimum absolute atomic E-state index is 0.141. The van der Waals surface area contributed by atoms with Crippen LogP contribution in [0.4, 0.5) is 0 Å². The second kappa shape index (κ2) is 7.79. The molecule has 0 amide bonds. The van der Waals surface area contributed by atoms with Crippen LogP contribution in [-0.2, 0) is 4.79 Å². The number of hydrogen-bond acceptors (Lipinski definition) is 2.